The Hall–Kier alpha value is 1.10. The molecule has 0 aromatic rings. The molecule has 0 aliphatic rings. The Kier molecular flexibility index (Phi) is 12.0. The Morgan fingerprint density at radius 2 is 2.00 bits per heavy atom. The Bertz CT molecular complexity index is 39.5. The molecule has 0 spiro atoms. The predicted octanol–water partition coefficient (Wildman–Crippen LogP) is 2.97. The molecule has 0 bridgehead atoms. The summed E-state index contributed by atoms with van der Waals surface area (Å²) in [4.78, 5) is 0. The molecule has 0 aromatic carbocycles. The van der Waals surface area contributed by atoms with E-state index >= 15 is 0 Å². The van der Waals surface area contributed by atoms with Gasteiger partial charge in [0, 0.05) is 0 Å². The van der Waals surface area contributed by atoms with Crippen molar-refractivity contribution in [2.24, 2.45) is 5.92 Å². The van der Waals surface area contributed by atoms with E-state index in [1.807, 2.05) is 0 Å². The van der Waals surface area contributed by atoms with Crippen molar-refractivity contribution in [3.8, 4) is 0 Å². The molecule has 2 heteroatoms. The van der Waals surface area contributed by atoms with Crippen LogP contribution in [0.25, 0.3) is 0 Å². The topological polar surface area (TPSA) is 0 Å². The first-order valence-electron chi connectivity index (χ1n) is 3.10. The van der Waals surface area contributed by atoms with Crippen LogP contribution >= 0.6 is 17.0 Å². The van der Waals surface area contributed by atoms with Gasteiger partial charge in [0.15, 0.2) is 0 Å². The second-order valence-electron chi connectivity index (χ2n) is 2.16. The molecule has 1 atom stereocenters. The molecule has 0 fully saturated rings. The SMILES string of the molecule is Br.CCC(C)C[CH2][Zn]. The number of rotatable bonds is 3. The van der Waals surface area contributed by atoms with E-state index < -0.39 is 0 Å². The molecule has 0 rings (SSSR count). The molecule has 0 radical (unpaired) electrons. The van der Waals surface area contributed by atoms with Crippen molar-refractivity contribution in [1.82, 2.24) is 0 Å². The van der Waals surface area contributed by atoms with Crippen molar-refractivity contribution in [2.75, 3.05) is 0 Å². The van der Waals surface area contributed by atoms with Crippen LogP contribution in [0.2, 0.25) is 5.02 Å². The zero-order valence-electron chi connectivity index (χ0n) is 5.81. The summed E-state index contributed by atoms with van der Waals surface area (Å²) in [6.45, 7) is 4.59. The zero-order chi connectivity index (χ0) is 5.70. The van der Waals surface area contributed by atoms with Crippen LogP contribution in [0.5, 0.6) is 0 Å². The summed E-state index contributed by atoms with van der Waals surface area (Å²) in [5.74, 6) is 0.980. The van der Waals surface area contributed by atoms with Crippen molar-refractivity contribution in [3.05, 3.63) is 0 Å². The van der Waals surface area contributed by atoms with Gasteiger partial charge >= 0.3 is 55.9 Å². The zero-order valence-corrected chi connectivity index (χ0v) is 10.5. The van der Waals surface area contributed by atoms with Crippen LogP contribution in [-0.4, -0.2) is 0 Å². The maximum atomic E-state index is 2.33. The van der Waals surface area contributed by atoms with Gasteiger partial charge in [-0.3, -0.25) is 0 Å². The van der Waals surface area contributed by atoms with Crippen LogP contribution in [0, 0.1) is 5.92 Å². The minimum atomic E-state index is 0. The van der Waals surface area contributed by atoms with E-state index in [-0.39, 0.29) is 17.0 Å². The second kappa shape index (κ2) is 8.10. The monoisotopic (exact) mass is 229 g/mol. The Labute approximate surface area is 72.9 Å². The fourth-order valence-corrected chi connectivity index (χ4v) is 2.01. The summed E-state index contributed by atoms with van der Waals surface area (Å²) in [5.41, 5.74) is 0. The summed E-state index contributed by atoms with van der Waals surface area (Å²) in [5, 5.41) is 1.47. The van der Waals surface area contributed by atoms with E-state index in [0.29, 0.717) is 0 Å². The summed E-state index contributed by atoms with van der Waals surface area (Å²) < 4.78 is 0. The summed E-state index contributed by atoms with van der Waals surface area (Å²) in [6.07, 6.45) is 2.82. The molecule has 0 aromatic heterocycles. The van der Waals surface area contributed by atoms with Gasteiger partial charge in [0.2, 0.25) is 0 Å². The van der Waals surface area contributed by atoms with Crippen LogP contribution in [0.4, 0.5) is 0 Å². The predicted molar refractivity (Wildman–Crippen MR) is 39.2 cm³/mol. The first kappa shape index (κ1) is 11.8. The number of halogens is 1. The van der Waals surface area contributed by atoms with Crippen LogP contribution < -0.4 is 0 Å². The third-order valence-corrected chi connectivity index (χ3v) is 2.25. The van der Waals surface area contributed by atoms with E-state index in [1.165, 1.54) is 36.2 Å². The third-order valence-electron chi connectivity index (χ3n) is 1.39. The van der Waals surface area contributed by atoms with Gasteiger partial charge in [-0.2, -0.15) is 0 Å². The molecule has 47 valence electrons. The van der Waals surface area contributed by atoms with E-state index in [1.54, 1.807) is 0 Å². The normalized spacial score (nSPS) is 12.5. The van der Waals surface area contributed by atoms with Crippen molar-refractivity contribution in [2.45, 2.75) is 31.7 Å². The molecular formula is C6H14BrZn. The van der Waals surface area contributed by atoms with E-state index in [0.717, 1.165) is 5.92 Å². The first-order valence-corrected chi connectivity index (χ1v) is 5.20. The van der Waals surface area contributed by atoms with Crippen molar-refractivity contribution in [3.63, 3.8) is 0 Å². The summed E-state index contributed by atoms with van der Waals surface area (Å²) in [7, 11) is 0. The fraction of sp³-hybridized carbons (Fsp3) is 1.00. The molecule has 0 saturated heterocycles. The molecule has 0 amide bonds. The van der Waals surface area contributed by atoms with Gasteiger partial charge in [0.05, 0.1) is 0 Å². The maximum absolute atomic E-state index is 2.33. The number of hydrogen-bond donors (Lipinski definition) is 0. The molecule has 0 aliphatic heterocycles. The third kappa shape index (κ3) is 7.10. The van der Waals surface area contributed by atoms with Crippen LogP contribution in [-0.2, 0) is 18.3 Å². The van der Waals surface area contributed by atoms with Crippen LogP contribution in [0.3, 0.4) is 0 Å². The average Bonchev–Trinajstić information content (AvgIpc) is 1.68. The van der Waals surface area contributed by atoms with Gasteiger partial charge in [-0.1, -0.05) is 0 Å². The van der Waals surface area contributed by atoms with Gasteiger partial charge < -0.3 is 0 Å². The van der Waals surface area contributed by atoms with E-state index in [4.69, 9.17) is 0 Å². The first-order chi connectivity index (χ1) is 3.31. The Balaban J connectivity index is 0. The summed E-state index contributed by atoms with van der Waals surface area (Å²) >= 11 is 1.48. The molecule has 8 heavy (non-hydrogen) atoms. The average molecular weight is 231 g/mol. The van der Waals surface area contributed by atoms with Gasteiger partial charge in [0.25, 0.3) is 0 Å². The van der Waals surface area contributed by atoms with E-state index in [2.05, 4.69) is 13.8 Å². The van der Waals surface area contributed by atoms with Gasteiger partial charge in [-0.25, -0.2) is 0 Å². The van der Waals surface area contributed by atoms with Crippen LogP contribution in [0.1, 0.15) is 26.7 Å². The molecule has 0 N–H and O–H groups in total. The number of hydrogen-bond acceptors (Lipinski definition) is 0. The molecule has 0 nitrogen and oxygen atoms in total. The molecular weight excluding hydrogens is 217 g/mol. The Morgan fingerprint density at radius 3 is 2.12 bits per heavy atom. The van der Waals surface area contributed by atoms with Crippen molar-refractivity contribution in [1.29, 1.82) is 0 Å². The van der Waals surface area contributed by atoms with E-state index in [9.17, 15) is 0 Å². The molecule has 0 heterocycles. The van der Waals surface area contributed by atoms with Gasteiger partial charge in [-0.05, 0) is 0 Å². The van der Waals surface area contributed by atoms with Gasteiger partial charge in [0.1, 0.15) is 0 Å². The second-order valence-corrected chi connectivity index (χ2v) is 3.64. The van der Waals surface area contributed by atoms with Crippen LogP contribution in [0.15, 0.2) is 0 Å². The molecule has 0 aliphatic carbocycles. The fourth-order valence-electron chi connectivity index (χ4n) is 0.553. The Morgan fingerprint density at radius 1 is 1.50 bits per heavy atom. The standard InChI is InChI=1S/C6H13.BrH.Zn/c1-4-6(3)5-2;;/h6H,1,4-5H2,2-3H3;1H;. The minimum absolute atomic E-state index is 0. The summed E-state index contributed by atoms with van der Waals surface area (Å²) in [6, 6.07) is 0. The van der Waals surface area contributed by atoms with Crippen molar-refractivity contribution >= 4 is 17.0 Å². The molecule has 0 saturated carbocycles. The molecule has 1 unspecified atom stereocenters. The quantitative estimate of drug-likeness (QED) is 0.655. The van der Waals surface area contributed by atoms with Gasteiger partial charge in [-0.15, -0.1) is 17.0 Å². The van der Waals surface area contributed by atoms with Crippen molar-refractivity contribution < 1.29 is 18.3 Å².